The van der Waals surface area contributed by atoms with Gasteiger partial charge in [0.2, 0.25) is 0 Å². The lowest BCUT2D eigenvalue weighted by Gasteiger charge is -2.41. The topological polar surface area (TPSA) is 53.5 Å². The van der Waals surface area contributed by atoms with Crippen molar-refractivity contribution in [1.29, 1.82) is 0 Å². The van der Waals surface area contributed by atoms with E-state index in [0.29, 0.717) is 6.04 Å². The molecule has 0 unspecified atom stereocenters. The summed E-state index contributed by atoms with van der Waals surface area (Å²) in [6, 6.07) is 11.7. The van der Waals surface area contributed by atoms with E-state index in [1.807, 2.05) is 0 Å². The monoisotopic (exact) mass is 486 g/mol. The van der Waals surface area contributed by atoms with Crippen LogP contribution in [0.15, 0.2) is 35.1 Å². The van der Waals surface area contributed by atoms with Gasteiger partial charge >= 0.3 is 0 Å². The second-order valence-electron chi connectivity index (χ2n) is 10.9. The van der Waals surface area contributed by atoms with Gasteiger partial charge in [-0.1, -0.05) is 19.1 Å². The number of hydrogen-bond donors (Lipinski definition) is 1. The Balaban J connectivity index is 1.47. The summed E-state index contributed by atoms with van der Waals surface area (Å²) in [5.41, 5.74) is 6.91. The summed E-state index contributed by atoms with van der Waals surface area (Å²) in [5.74, 6) is 0. The zero-order valence-electron chi connectivity index (χ0n) is 22.1. The molecule has 0 saturated carbocycles. The number of benzene rings is 2. The highest BCUT2D eigenvalue weighted by Gasteiger charge is 2.27. The number of ether oxygens (including phenoxy) is 1. The van der Waals surface area contributed by atoms with E-state index in [-0.39, 0.29) is 11.5 Å². The zero-order valence-corrected chi connectivity index (χ0v) is 22.1. The molecule has 1 N–H and O–H groups in total. The van der Waals surface area contributed by atoms with E-state index in [1.165, 1.54) is 29.7 Å². The van der Waals surface area contributed by atoms with E-state index in [9.17, 15) is 4.79 Å². The average molecular weight is 487 g/mol. The first-order valence-corrected chi connectivity index (χ1v) is 13.7. The molecule has 36 heavy (non-hydrogen) atoms. The van der Waals surface area contributed by atoms with Crippen molar-refractivity contribution in [3.05, 3.63) is 51.7 Å². The van der Waals surface area contributed by atoms with Crippen LogP contribution in [0, 0.1) is 6.92 Å². The standard InChI is InChI=1S/C30H38N4O2/c1-5-21-17-24-27(18-26(21)33-10-8-22(9-11-33)32-12-14-36-15-13-32)34(19(2)3)30-28(29(24)35)23-7-6-20(4)16-25(23)31-30/h6-7,16-19,22,31H,5,8-15H2,1-4H3. The summed E-state index contributed by atoms with van der Waals surface area (Å²) >= 11 is 0. The molecule has 2 fully saturated rings. The summed E-state index contributed by atoms with van der Waals surface area (Å²) < 4.78 is 7.90. The number of hydrogen-bond acceptors (Lipinski definition) is 4. The quantitative estimate of drug-likeness (QED) is 0.420. The third-order valence-electron chi connectivity index (χ3n) is 8.37. The van der Waals surface area contributed by atoms with Crippen molar-refractivity contribution < 1.29 is 4.74 Å². The molecular weight excluding hydrogens is 448 g/mol. The van der Waals surface area contributed by atoms with Crippen LogP contribution in [0.25, 0.3) is 32.8 Å². The zero-order chi connectivity index (χ0) is 25.0. The summed E-state index contributed by atoms with van der Waals surface area (Å²) in [6.07, 6.45) is 3.28. The van der Waals surface area contributed by atoms with Crippen LogP contribution in [0.2, 0.25) is 0 Å². The number of aryl methyl sites for hydroxylation is 2. The number of morpholine rings is 1. The van der Waals surface area contributed by atoms with E-state index in [4.69, 9.17) is 4.74 Å². The van der Waals surface area contributed by atoms with E-state index >= 15 is 0 Å². The Bertz CT molecular complexity index is 1480. The highest BCUT2D eigenvalue weighted by molar-refractivity contribution is 6.10. The summed E-state index contributed by atoms with van der Waals surface area (Å²) in [5, 5.41) is 2.66. The first-order chi connectivity index (χ1) is 17.5. The van der Waals surface area contributed by atoms with Crippen LogP contribution in [0.4, 0.5) is 5.69 Å². The van der Waals surface area contributed by atoms with E-state index in [1.54, 1.807) is 0 Å². The number of rotatable bonds is 4. The van der Waals surface area contributed by atoms with E-state index in [0.717, 1.165) is 78.7 Å². The molecule has 2 aromatic heterocycles. The average Bonchev–Trinajstić information content (AvgIpc) is 3.26. The molecule has 6 rings (SSSR count). The van der Waals surface area contributed by atoms with E-state index in [2.05, 4.69) is 77.4 Å². The second-order valence-corrected chi connectivity index (χ2v) is 10.9. The minimum absolute atomic E-state index is 0.138. The lowest BCUT2D eigenvalue weighted by molar-refractivity contribution is 0.0115. The number of H-pyrrole nitrogens is 1. The molecule has 6 nitrogen and oxygen atoms in total. The molecule has 2 saturated heterocycles. The Kier molecular flexibility index (Phi) is 6.05. The number of anilines is 1. The third-order valence-corrected chi connectivity index (χ3v) is 8.37. The number of nitrogens with zero attached hydrogens (tertiary/aromatic N) is 3. The molecule has 2 aliphatic rings. The van der Waals surface area contributed by atoms with Gasteiger partial charge in [0.05, 0.1) is 24.1 Å². The molecule has 4 aromatic rings. The highest BCUT2D eigenvalue weighted by Crippen LogP contribution is 2.34. The molecule has 0 amide bonds. The predicted molar refractivity (Wildman–Crippen MR) is 150 cm³/mol. The Labute approximate surface area is 212 Å². The van der Waals surface area contributed by atoms with Gasteiger partial charge < -0.3 is 19.2 Å². The molecule has 0 spiro atoms. The van der Waals surface area contributed by atoms with Gasteiger partial charge in [0.15, 0.2) is 5.43 Å². The van der Waals surface area contributed by atoms with Crippen molar-refractivity contribution in [3.63, 3.8) is 0 Å². The molecule has 0 bridgehead atoms. The van der Waals surface area contributed by atoms with Crippen molar-refractivity contribution in [2.75, 3.05) is 44.3 Å². The third kappa shape index (κ3) is 3.82. The molecule has 0 aliphatic carbocycles. The van der Waals surface area contributed by atoms with Crippen LogP contribution >= 0.6 is 0 Å². The van der Waals surface area contributed by atoms with Crippen molar-refractivity contribution in [1.82, 2.24) is 14.5 Å². The molecule has 2 aromatic carbocycles. The minimum Gasteiger partial charge on any atom is -0.379 e. The Morgan fingerprint density at radius 3 is 2.47 bits per heavy atom. The lowest BCUT2D eigenvalue weighted by atomic mass is 9.98. The van der Waals surface area contributed by atoms with Crippen molar-refractivity contribution >= 4 is 38.5 Å². The van der Waals surface area contributed by atoms with Crippen molar-refractivity contribution in [2.24, 2.45) is 0 Å². The fourth-order valence-electron chi connectivity index (χ4n) is 6.49. The first-order valence-electron chi connectivity index (χ1n) is 13.7. The lowest BCUT2D eigenvalue weighted by Crippen LogP contribution is -2.49. The highest BCUT2D eigenvalue weighted by atomic mass is 16.5. The normalized spacial score (nSPS) is 18.3. The summed E-state index contributed by atoms with van der Waals surface area (Å²) in [7, 11) is 0. The fraction of sp³-hybridized carbons (Fsp3) is 0.500. The minimum atomic E-state index is 0.138. The number of nitrogens with one attached hydrogen (secondary N) is 1. The number of fused-ring (bicyclic) bond motifs is 4. The Morgan fingerprint density at radius 2 is 1.78 bits per heavy atom. The predicted octanol–water partition coefficient (Wildman–Crippen LogP) is 5.39. The van der Waals surface area contributed by atoms with Crippen molar-refractivity contribution in [2.45, 2.75) is 59.0 Å². The van der Waals surface area contributed by atoms with Crippen LogP contribution in [0.3, 0.4) is 0 Å². The number of aromatic nitrogens is 2. The second kappa shape index (κ2) is 9.24. The van der Waals surface area contributed by atoms with Crippen molar-refractivity contribution in [3.8, 4) is 0 Å². The summed E-state index contributed by atoms with van der Waals surface area (Å²) in [4.78, 5) is 22.7. The van der Waals surface area contributed by atoms with E-state index < -0.39 is 0 Å². The molecular formula is C30H38N4O2. The van der Waals surface area contributed by atoms with Gasteiger partial charge in [-0.25, -0.2) is 0 Å². The Hall–Kier alpha value is -2.83. The SMILES string of the molecule is CCc1cc2c(=O)c3c4ccc(C)cc4[nH]c3n(C(C)C)c2cc1N1CCC(N2CCOCC2)CC1. The van der Waals surface area contributed by atoms with Crippen LogP contribution in [-0.2, 0) is 11.2 Å². The van der Waals surface area contributed by atoms with Gasteiger partial charge in [-0.05, 0) is 69.4 Å². The number of aromatic amines is 1. The largest absolute Gasteiger partial charge is 0.379 e. The maximum atomic E-state index is 13.9. The smallest absolute Gasteiger partial charge is 0.199 e. The molecule has 4 heterocycles. The van der Waals surface area contributed by atoms with Crippen LogP contribution < -0.4 is 10.3 Å². The van der Waals surface area contributed by atoms with Crippen LogP contribution in [-0.4, -0.2) is 59.9 Å². The molecule has 0 atom stereocenters. The van der Waals surface area contributed by atoms with Gasteiger partial charge in [0.1, 0.15) is 5.65 Å². The van der Waals surface area contributed by atoms with Gasteiger partial charge in [-0.3, -0.25) is 9.69 Å². The fourth-order valence-corrected chi connectivity index (χ4v) is 6.49. The molecule has 190 valence electrons. The first kappa shape index (κ1) is 23.6. The van der Waals surface area contributed by atoms with Crippen LogP contribution in [0.5, 0.6) is 0 Å². The van der Waals surface area contributed by atoms with Gasteiger partial charge in [0.25, 0.3) is 0 Å². The van der Waals surface area contributed by atoms with Gasteiger partial charge in [-0.2, -0.15) is 0 Å². The van der Waals surface area contributed by atoms with Gasteiger partial charge in [-0.15, -0.1) is 0 Å². The molecule has 2 aliphatic heterocycles. The van der Waals surface area contributed by atoms with Crippen LogP contribution in [0.1, 0.15) is 50.8 Å². The molecule has 6 heteroatoms. The maximum absolute atomic E-state index is 13.9. The number of piperidine rings is 1. The van der Waals surface area contributed by atoms with Gasteiger partial charge in [0, 0.05) is 60.2 Å². The summed E-state index contributed by atoms with van der Waals surface area (Å²) in [6.45, 7) is 14.7. The molecule has 0 radical (unpaired) electrons. The number of pyridine rings is 1. The Morgan fingerprint density at radius 1 is 1.03 bits per heavy atom. The maximum Gasteiger partial charge on any atom is 0.199 e.